The molecule has 9 nitrogen and oxygen atoms in total. The number of hydrogen-bond donors (Lipinski definition) is 1. The van der Waals surface area contributed by atoms with Gasteiger partial charge in [0.2, 0.25) is 10.0 Å². The summed E-state index contributed by atoms with van der Waals surface area (Å²) in [6.45, 7) is 2.86. The van der Waals surface area contributed by atoms with Crippen molar-refractivity contribution >= 4 is 21.9 Å². The van der Waals surface area contributed by atoms with Crippen LogP contribution >= 0.6 is 0 Å². The van der Waals surface area contributed by atoms with Crippen molar-refractivity contribution in [1.29, 1.82) is 0 Å². The van der Waals surface area contributed by atoms with Crippen molar-refractivity contribution in [3.63, 3.8) is 0 Å². The molecule has 0 bridgehead atoms. The summed E-state index contributed by atoms with van der Waals surface area (Å²) >= 11 is 0. The maximum Gasteiger partial charge on any atom is 0.324 e. The first-order chi connectivity index (χ1) is 11.8. The first kappa shape index (κ1) is 17.9. The van der Waals surface area contributed by atoms with Crippen LogP contribution in [0.5, 0.6) is 0 Å². The van der Waals surface area contributed by atoms with Crippen LogP contribution < -0.4 is 5.32 Å². The molecule has 138 valence electrons. The molecule has 1 N–H and O–H groups in total. The number of ether oxygens (including phenoxy) is 1. The molecule has 0 unspecified atom stereocenters. The summed E-state index contributed by atoms with van der Waals surface area (Å²) in [6, 6.07) is -0.762. The van der Waals surface area contributed by atoms with Crippen molar-refractivity contribution in [1.82, 2.24) is 14.8 Å². The Hall–Kier alpha value is -1.94. The molecule has 1 atom stereocenters. The molecule has 2 fully saturated rings. The number of aryl methyl sites for hydroxylation is 2. The molecule has 10 heteroatoms. The number of rotatable bonds is 6. The van der Waals surface area contributed by atoms with E-state index in [-0.39, 0.29) is 34.8 Å². The minimum atomic E-state index is -3.92. The topological polar surface area (TPSA) is 119 Å². The number of aromatic nitrogens is 1. The highest BCUT2D eigenvalue weighted by molar-refractivity contribution is 7.89. The third kappa shape index (κ3) is 3.69. The van der Waals surface area contributed by atoms with E-state index in [1.807, 2.05) is 0 Å². The quantitative estimate of drug-likeness (QED) is 0.713. The van der Waals surface area contributed by atoms with Crippen LogP contribution in [-0.4, -0.2) is 55.0 Å². The van der Waals surface area contributed by atoms with Gasteiger partial charge in [-0.1, -0.05) is 5.16 Å². The molecular weight excluding hydrogens is 350 g/mol. The largest absolute Gasteiger partial charge is 0.454 e. The molecule has 0 aromatic carbocycles. The molecule has 1 saturated heterocycles. The average molecular weight is 371 g/mol. The van der Waals surface area contributed by atoms with Crippen LogP contribution in [0.2, 0.25) is 0 Å². The number of nitrogens with one attached hydrogen (secondary N) is 1. The van der Waals surface area contributed by atoms with E-state index < -0.39 is 28.6 Å². The van der Waals surface area contributed by atoms with Crippen LogP contribution in [-0.2, 0) is 24.3 Å². The zero-order valence-corrected chi connectivity index (χ0v) is 15.0. The molecule has 2 aliphatic rings. The van der Waals surface area contributed by atoms with E-state index in [4.69, 9.17) is 9.26 Å². The van der Waals surface area contributed by atoms with Gasteiger partial charge in [-0.25, -0.2) is 8.42 Å². The third-order valence-electron chi connectivity index (χ3n) is 4.30. The fourth-order valence-electron chi connectivity index (χ4n) is 2.95. The van der Waals surface area contributed by atoms with E-state index >= 15 is 0 Å². The first-order valence-electron chi connectivity index (χ1n) is 8.21. The van der Waals surface area contributed by atoms with Gasteiger partial charge >= 0.3 is 5.97 Å². The maximum absolute atomic E-state index is 12.9. The number of hydrogen-bond acceptors (Lipinski definition) is 7. The highest BCUT2D eigenvalue weighted by atomic mass is 32.2. The predicted octanol–water partition coefficient (Wildman–Crippen LogP) is 0.266. The minimum absolute atomic E-state index is 0.0151. The van der Waals surface area contributed by atoms with Gasteiger partial charge in [0.15, 0.2) is 12.4 Å². The second kappa shape index (κ2) is 6.75. The molecule has 1 saturated carbocycles. The zero-order chi connectivity index (χ0) is 18.2. The van der Waals surface area contributed by atoms with Gasteiger partial charge in [0.25, 0.3) is 5.91 Å². The lowest BCUT2D eigenvalue weighted by atomic mass is 10.2. The van der Waals surface area contributed by atoms with E-state index in [0.29, 0.717) is 12.8 Å². The maximum atomic E-state index is 12.9. The van der Waals surface area contributed by atoms with Gasteiger partial charge in [-0.2, -0.15) is 4.31 Å². The lowest BCUT2D eigenvalue weighted by Crippen LogP contribution is -2.42. The molecule has 3 rings (SSSR count). The Morgan fingerprint density at radius 3 is 2.64 bits per heavy atom. The number of carbonyl (C=O) groups is 2. The van der Waals surface area contributed by atoms with Gasteiger partial charge in [-0.05, 0) is 39.5 Å². The lowest BCUT2D eigenvalue weighted by molar-refractivity contribution is -0.151. The standard InChI is InChI=1S/C15H21N3O6S/c1-9-14(10(2)24-17-9)25(21,22)18-7-3-4-12(18)15(20)23-8-13(19)16-11-5-6-11/h11-12H,3-8H2,1-2H3,(H,16,19)/t12-/m0/s1. The Bertz CT molecular complexity index is 764. The van der Waals surface area contributed by atoms with E-state index in [9.17, 15) is 18.0 Å². The fourth-order valence-corrected chi connectivity index (χ4v) is 4.90. The van der Waals surface area contributed by atoms with Crippen LogP contribution in [0.3, 0.4) is 0 Å². The van der Waals surface area contributed by atoms with Crippen molar-refractivity contribution in [3.05, 3.63) is 11.5 Å². The molecule has 25 heavy (non-hydrogen) atoms. The number of esters is 1. The van der Waals surface area contributed by atoms with Gasteiger partial charge < -0.3 is 14.6 Å². The van der Waals surface area contributed by atoms with Crippen molar-refractivity contribution in [3.8, 4) is 0 Å². The van der Waals surface area contributed by atoms with E-state index in [0.717, 1.165) is 17.1 Å². The van der Waals surface area contributed by atoms with Crippen LogP contribution in [0.1, 0.15) is 37.1 Å². The van der Waals surface area contributed by atoms with Crippen molar-refractivity contribution < 1.29 is 27.3 Å². The number of carbonyl (C=O) groups excluding carboxylic acids is 2. The number of nitrogens with zero attached hydrogens (tertiary/aromatic N) is 2. The van der Waals surface area contributed by atoms with Crippen molar-refractivity contribution in [2.24, 2.45) is 0 Å². The summed E-state index contributed by atoms with van der Waals surface area (Å²) in [7, 11) is -3.92. The molecule has 1 aromatic heterocycles. The van der Waals surface area contributed by atoms with Gasteiger partial charge in [0.05, 0.1) is 0 Å². The molecule has 2 heterocycles. The fraction of sp³-hybridized carbons (Fsp3) is 0.667. The Labute approximate surface area is 145 Å². The average Bonchev–Trinajstić information content (AvgIpc) is 3.08. The summed E-state index contributed by atoms with van der Waals surface area (Å²) < 4.78 is 36.8. The van der Waals surface area contributed by atoms with E-state index in [1.54, 1.807) is 0 Å². The normalized spacial score (nSPS) is 21.3. The van der Waals surface area contributed by atoms with E-state index in [1.165, 1.54) is 13.8 Å². The van der Waals surface area contributed by atoms with Crippen molar-refractivity contribution in [2.45, 2.75) is 56.5 Å². The van der Waals surface area contributed by atoms with E-state index in [2.05, 4.69) is 10.5 Å². The molecule has 1 aromatic rings. The number of sulfonamides is 1. The Morgan fingerprint density at radius 2 is 2.04 bits per heavy atom. The van der Waals surface area contributed by atoms with Gasteiger partial charge in [0, 0.05) is 12.6 Å². The summed E-state index contributed by atoms with van der Waals surface area (Å²) in [4.78, 5) is 23.9. The molecule has 1 amide bonds. The molecular formula is C15H21N3O6S. The van der Waals surface area contributed by atoms with Crippen LogP contribution in [0.15, 0.2) is 9.42 Å². The monoisotopic (exact) mass is 371 g/mol. The second-order valence-corrected chi connectivity index (χ2v) is 8.20. The SMILES string of the molecule is Cc1noc(C)c1S(=O)(=O)N1CCC[C@H]1C(=O)OCC(=O)NC1CC1. The van der Waals surface area contributed by atoms with Gasteiger partial charge in [-0.15, -0.1) is 0 Å². The Morgan fingerprint density at radius 1 is 1.32 bits per heavy atom. The summed E-state index contributed by atoms with van der Waals surface area (Å²) in [5.74, 6) is -0.895. The van der Waals surface area contributed by atoms with Crippen LogP contribution in [0.4, 0.5) is 0 Å². The third-order valence-corrected chi connectivity index (χ3v) is 6.45. The Balaban J connectivity index is 1.69. The van der Waals surface area contributed by atoms with Gasteiger partial charge in [-0.3, -0.25) is 9.59 Å². The summed E-state index contributed by atoms with van der Waals surface area (Å²) in [5.41, 5.74) is 0.250. The zero-order valence-electron chi connectivity index (χ0n) is 14.1. The number of amides is 1. The molecule has 1 aliphatic heterocycles. The second-order valence-electron chi connectivity index (χ2n) is 6.38. The molecule has 0 spiro atoms. The predicted molar refractivity (Wildman–Crippen MR) is 85.0 cm³/mol. The highest BCUT2D eigenvalue weighted by Gasteiger charge is 2.42. The molecule has 0 radical (unpaired) electrons. The smallest absolute Gasteiger partial charge is 0.324 e. The highest BCUT2D eigenvalue weighted by Crippen LogP contribution is 2.30. The van der Waals surface area contributed by atoms with Crippen LogP contribution in [0.25, 0.3) is 0 Å². The first-order valence-corrected chi connectivity index (χ1v) is 9.65. The summed E-state index contributed by atoms with van der Waals surface area (Å²) in [6.07, 6.45) is 2.76. The minimum Gasteiger partial charge on any atom is -0.454 e. The summed E-state index contributed by atoms with van der Waals surface area (Å²) in [5, 5.41) is 6.38. The lowest BCUT2D eigenvalue weighted by Gasteiger charge is -2.22. The van der Waals surface area contributed by atoms with Gasteiger partial charge in [0.1, 0.15) is 16.6 Å². The van der Waals surface area contributed by atoms with Crippen molar-refractivity contribution in [2.75, 3.05) is 13.2 Å². The Kier molecular flexibility index (Phi) is 4.83. The molecule has 1 aliphatic carbocycles. The van der Waals surface area contributed by atoms with Crippen LogP contribution in [0, 0.1) is 13.8 Å².